The molecule has 6 heteroatoms. The normalized spacial score (nSPS) is 14.2. The van der Waals surface area contributed by atoms with Gasteiger partial charge in [0.1, 0.15) is 5.60 Å². The zero-order valence-corrected chi connectivity index (χ0v) is 28.0. The van der Waals surface area contributed by atoms with Gasteiger partial charge in [-0.2, -0.15) is 0 Å². The number of carbonyl (C=O) groups is 1. The average molecular weight is 620 g/mol. The fourth-order valence-corrected chi connectivity index (χ4v) is 5.35. The SMILES string of the molecule is C=C(CCN(CC(C)C)C(=O)OC(C)(C)C)C/C(C(=C)C)=C(C(/C)=N\C)\C(Br)=C/C(C)c1cc(Cl)ccc1C. The van der Waals surface area contributed by atoms with Crippen molar-refractivity contribution in [3.8, 4) is 0 Å². The third-order valence-electron chi connectivity index (χ3n) is 6.28. The largest absolute Gasteiger partial charge is 0.444 e. The van der Waals surface area contributed by atoms with Crippen LogP contribution in [0.5, 0.6) is 0 Å². The predicted octanol–water partition coefficient (Wildman–Crippen LogP) is 10.2. The van der Waals surface area contributed by atoms with Crippen molar-refractivity contribution < 1.29 is 9.53 Å². The minimum absolute atomic E-state index is 0.130. The van der Waals surface area contributed by atoms with Crippen molar-refractivity contribution in [1.29, 1.82) is 0 Å². The summed E-state index contributed by atoms with van der Waals surface area (Å²) in [6, 6.07) is 5.99. The van der Waals surface area contributed by atoms with E-state index in [9.17, 15) is 4.79 Å². The molecule has 39 heavy (non-hydrogen) atoms. The number of nitrogens with zero attached hydrogens (tertiary/aromatic N) is 2. The molecule has 4 nitrogen and oxygen atoms in total. The van der Waals surface area contributed by atoms with Gasteiger partial charge in [-0.3, -0.25) is 4.99 Å². The molecule has 0 spiro atoms. The van der Waals surface area contributed by atoms with Gasteiger partial charge in [-0.1, -0.05) is 84.7 Å². The summed E-state index contributed by atoms with van der Waals surface area (Å²) in [5, 5.41) is 0.728. The molecule has 0 saturated heterocycles. The van der Waals surface area contributed by atoms with E-state index in [1.165, 1.54) is 11.1 Å². The van der Waals surface area contributed by atoms with Crippen molar-refractivity contribution in [1.82, 2.24) is 4.90 Å². The van der Waals surface area contributed by atoms with Crippen LogP contribution in [-0.2, 0) is 4.74 Å². The third-order valence-corrected chi connectivity index (χ3v) is 7.18. The van der Waals surface area contributed by atoms with Crippen molar-refractivity contribution in [2.45, 2.75) is 86.7 Å². The van der Waals surface area contributed by atoms with Gasteiger partial charge >= 0.3 is 6.09 Å². The Morgan fingerprint density at radius 1 is 1.21 bits per heavy atom. The summed E-state index contributed by atoms with van der Waals surface area (Å²) in [6.45, 7) is 28.0. The van der Waals surface area contributed by atoms with E-state index in [1.54, 1.807) is 11.9 Å². The van der Waals surface area contributed by atoms with Crippen LogP contribution in [0, 0.1) is 12.8 Å². The summed E-state index contributed by atoms with van der Waals surface area (Å²) in [4.78, 5) is 19.2. The molecule has 0 aliphatic carbocycles. The van der Waals surface area contributed by atoms with E-state index in [1.807, 2.05) is 46.8 Å². The molecule has 0 aromatic heterocycles. The molecular weight excluding hydrogens is 572 g/mol. The summed E-state index contributed by atoms with van der Waals surface area (Å²) < 4.78 is 6.61. The number of halogens is 2. The van der Waals surface area contributed by atoms with E-state index in [2.05, 4.69) is 73.9 Å². The van der Waals surface area contributed by atoms with E-state index in [0.717, 1.165) is 37.5 Å². The molecule has 1 atom stereocenters. The molecule has 0 N–H and O–H groups in total. The maximum Gasteiger partial charge on any atom is 0.410 e. The molecule has 1 rings (SSSR count). The zero-order valence-electron chi connectivity index (χ0n) is 25.7. The van der Waals surface area contributed by atoms with Gasteiger partial charge in [-0.15, -0.1) is 0 Å². The molecule has 0 saturated carbocycles. The summed E-state index contributed by atoms with van der Waals surface area (Å²) in [5.74, 6) is 0.462. The molecule has 1 aromatic carbocycles. The maximum absolute atomic E-state index is 12.8. The monoisotopic (exact) mass is 618 g/mol. The van der Waals surface area contributed by atoms with E-state index in [-0.39, 0.29) is 12.0 Å². The van der Waals surface area contributed by atoms with E-state index in [4.69, 9.17) is 16.3 Å². The van der Waals surface area contributed by atoms with E-state index < -0.39 is 5.60 Å². The number of carbonyl (C=O) groups excluding carboxylic acids is 1. The first-order valence-electron chi connectivity index (χ1n) is 13.6. The average Bonchev–Trinajstić information content (AvgIpc) is 2.80. The first-order chi connectivity index (χ1) is 18.0. The van der Waals surface area contributed by atoms with Crippen LogP contribution in [0.25, 0.3) is 0 Å². The fraction of sp³-hybridized carbons (Fsp3) is 0.515. The lowest BCUT2D eigenvalue weighted by Gasteiger charge is -2.29. The first-order valence-corrected chi connectivity index (χ1v) is 14.7. The Hall–Kier alpha value is -2.11. The smallest absolute Gasteiger partial charge is 0.410 e. The van der Waals surface area contributed by atoms with Crippen LogP contribution < -0.4 is 0 Å². The molecule has 0 radical (unpaired) electrons. The highest BCUT2D eigenvalue weighted by Crippen LogP contribution is 2.34. The molecule has 0 aliphatic rings. The molecule has 0 aliphatic heterocycles. The van der Waals surface area contributed by atoms with Gasteiger partial charge in [0.05, 0.1) is 0 Å². The minimum atomic E-state index is -0.537. The molecule has 1 amide bonds. The Bertz CT molecular complexity index is 1140. The number of hydrogen-bond donors (Lipinski definition) is 0. The van der Waals surface area contributed by atoms with Crippen molar-refractivity contribution in [3.05, 3.63) is 80.4 Å². The van der Waals surface area contributed by atoms with Gasteiger partial charge in [0, 0.05) is 46.8 Å². The van der Waals surface area contributed by atoms with Crippen LogP contribution in [-0.4, -0.2) is 42.4 Å². The number of benzene rings is 1. The fourth-order valence-electron chi connectivity index (χ4n) is 4.25. The van der Waals surface area contributed by atoms with Gasteiger partial charge in [0.2, 0.25) is 0 Å². The van der Waals surface area contributed by atoms with Crippen LogP contribution in [0.3, 0.4) is 0 Å². The number of ether oxygens (including phenoxy) is 1. The van der Waals surface area contributed by atoms with Crippen LogP contribution in [0.4, 0.5) is 4.79 Å². The highest BCUT2D eigenvalue weighted by atomic mass is 79.9. The molecule has 0 bridgehead atoms. The lowest BCUT2D eigenvalue weighted by atomic mass is 9.90. The number of rotatable bonds is 12. The highest BCUT2D eigenvalue weighted by molar-refractivity contribution is 9.12. The van der Waals surface area contributed by atoms with Crippen molar-refractivity contribution in [3.63, 3.8) is 0 Å². The van der Waals surface area contributed by atoms with Crippen LogP contribution in [0.1, 0.15) is 85.3 Å². The Morgan fingerprint density at radius 3 is 2.33 bits per heavy atom. The molecule has 216 valence electrons. The summed E-state index contributed by atoms with van der Waals surface area (Å²) >= 11 is 10.2. The summed E-state index contributed by atoms with van der Waals surface area (Å²) in [6.07, 6.45) is 3.21. The number of hydrogen-bond acceptors (Lipinski definition) is 3. The Labute approximate surface area is 251 Å². The Morgan fingerprint density at radius 2 is 1.82 bits per heavy atom. The quantitative estimate of drug-likeness (QED) is 0.133. The van der Waals surface area contributed by atoms with Gasteiger partial charge in [-0.05, 0) is 89.1 Å². The Balaban J connectivity index is 3.31. The molecule has 1 unspecified atom stereocenters. The van der Waals surface area contributed by atoms with Gasteiger partial charge in [-0.25, -0.2) is 4.79 Å². The second-order valence-electron chi connectivity index (χ2n) is 11.7. The lowest BCUT2D eigenvalue weighted by molar-refractivity contribution is 0.0230. The van der Waals surface area contributed by atoms with Crippen LogP contribution >= 0.6 is 27.5 Å². The van der Waals surface area contributed by atoms with Gasteiger partial charge in [0.15, 0.2) is 0 Å². The van der Waals surface area contributed by atoms with Crippen molar-refractivity contribution in [2.75, 3.05) is 20.1 Å². The molecular formula is C33H48BrClN2O2. The summed E-state index contributed by atoms with van der Waals surface area (Å²) in [7, 11) is 1.80. The highest BCUT2D eigenvalue weighted by Gasteiger charge is 2.23. The van der Waals surface area contributed by atoms with Crippen LogP contribution in [0.15, 0.2) is 69.2 Å². The Kier molecular flexibility index (Phi) is 14.0. The molecule has 0 heterocycles. The van der Waals surface area contributed by atoms with E-state index >= 15 is 0 Å². The molecule has 0 fully saturated rings. The first kappa shape index (κ1) is 34.9. The topological polar surface area (TPSA) is 41.9 Å². The predicted molar refractivity (Wildman–Crippen MR) is 174 cm³/mol. The molecule has 1 aromatic rings. The van der Waals surface area contributed by atoms with Gasteiger partial charge in [0.25, 0.3) is 0 Å². The third kappa shape index (κ3) is 11.9. The van der Waals surface area contributed by atoms with Crippen LogP contribution in [0.2, 0.25) is 5.02 Å². The minimum Gasteiger partial charge on any atom is -0.444 e. The van der Waals surface area contributed by atoms with E-state index in [0.29, 0.717) is 31.8 Å². The second kappa shape index (κ2) is 15.6. The number of aryl methyl sites for hydroxylation is 1. The van der Waals surface area contributed by atoms with Gasteiger partial charge < -0.3 is 9.64 Å². The number of amides is 1. The lowest BCUT2D eigenvalue weighted by Crippen LogP contribution is -2.39. The zero-order chi connectivity index (χ0) is 30.1. The standard InChI is InChI=1S/C33H48BrClN2O2/c1-21(2)20-37(32(38)39-33(9,10)11)16-15-23(5)17-28(22(3)4)31(26(8)36-12)30(34)18-25(7)29-19-27(35)14-13-24(29)6/h13-14,18-19,21,25H,3,5,15-17,20H2,1-2,4,6-12H3/b30-18+,31-28+,36-26-. The van der Waals surface area contributed by atoms with Crippen molar-refractivity contribution >= 4 is 39.3 Å². The summed E-state index contributed by atoms with van der Waals surface area (Å²) in [5.41, 5.74) is 6.82. The second-order valence-corrected chi connectivity index (χ2v) is 13.0. The number of allylic oxidation sites excluding steroid dienone is 5. The van der Waals surface area contributed by atoms with Crippen molar-refractivity contribution in [2.24, 2.45) is 10.9 Å². The maximum atomic E-state index is 12.8. The number of aliphatic imine (C=N–C) groups is 1.